The third-order valence-electron chi connectivity index (χ3n) is 2.55. The van der Waals surface area contributed by atoms with Crippen LogP contribution < -0.4 is 16.7 Å². The summed E-state index contributed by atoms with van der Waals surface area (Å²) >= 11 is 0. The Morgan fingerprint density at radius 1 is 1.50 bits per heavy atom. The van der Waals surface area contributed by atoms with E-state index in [9.17, 15) is 9.59 Å². The van der Waals surface area contributed by atoms with Crippen LogP contribution in [0.15, 0.2) is 16.9 Å². The Morgan fingerprint density at radius 2 is 2.22 bits per heavy atom. The number of H-pyrrole nitrogens is 1. The maximum absolute atomic E-state index is 11.3. The lowest BCUT2D eigenvalue weighted by molar-refractivity contribution is -0.119. The summed E-state index contributed by atoms with van der Waals surface area (Å²) in [6.45, 7) is 3.73. The number of hydrogen-bond acceptors (Lipinski definition) is 5. The molecular formula is C10H14N6O2. The number of aromatic amines is 1. The van der Waals surface area contributed by atoms with Crippen LogP contribution in [0.3, 0.4) is 0 Å². The highest BCUT2D eigenvalue weighted by Gasteiger charge is 2.19. The molecule has 0 aromatic carbocycles. The van der Waals surface area contributed by atoms with E-state index in [0.29, 0.717) is 11.5 Å². The highest BCUT2D eigenvalue weighted by atomic mass is 16.2. The molecule has 0 saturated carbocycles. The number of rotatable bonds is 4. The van der Waals surface area contributed by atoms with Crippen LogP contribution in [0.2, 0.25) is 0 Å². The summed E-state index contributed by atoms with van der Waals surface area (Å²) in [4.78, 5) is 22.6. The van der Waals surface area contributed by atoms with Crippen LogP contribution in [0.1, 0.15) is 13.8 Å². The van der Waals surface area contributed by atoms with E-state index in [2.05, 4.69) is 20.6 Å². The number of carbonyl (C=O) groups is 1. The molecule has 0 saturated heterocycles. The van der Waals surface area contributed by atoms with Gasteiger partial charge in [-0.2, -0.15) is 9.61 Å². The van der Waals surface area contributed by atoms with Crippen LogP contribution in [-0.2, 0) is 4.79 Å². The van der Waals surface area contributed by atoms with Crippen LogP contribution in [0, 0.1) is 5.92 Å². The molecule has 8 nitrogen and oxygen atoms in total. The summed E-state index contributed by atoms with van der Waals surface area (Å²) in [5, 5.41) is 13.0. The van der Waals surface area contributed by atoms with Gasteiger partial charge in [0.15, 0.2) is 5.65 Å². The predicted molar refractivity (Wildman–Crippen MR) is 65.1 cm³/mol. The first kappa shape index (κ1) is 12.1. The van der Waals surface area contributed by atoms with Crippen molar-refractivity contribution < 1.29 is 4.79 Å². The monoisotopic (exact) mass is 250 g/mol. The van der Waals surface area contributed by atoms with Gasteiger partial charge in [0, 0.05) is 0 Å². The second kappa shape index (κ2) is 4.47. The molecule has 1 amide bonds. The van der Waals surface area contributed by atoms with Crippen molar-refractivity contribution in [2.45, 2.75) is 19.9 Å². The molecule has 18 heavy (non-hydrogen) atoms. The first-order valence-electron chi connectivity index (χ1n) is 5.49. The summed E-state index contributed by atoms with van der Waals surface area (Å²) in [6, 6.07) is 2.71. The van der Waals surface area contributed by atoms with Gasteiger partial charge in [-0.15, -0.1) is 5.10 Å². The van der Waals surface area contributed by atoms with Crippen LogP contribution in [0.25, 0.3) is 5.65 Å². The average Bonchev–Trinajstić information content (AvgIpc) is 2.67. The van der Waals surface area contributed by atoms with Crippen LogP contribution in [-0.4, -0.2) is 31.8 Å². The van der Waals surface area contributed by atoms with E-state index in [1.165, 1.54) is 0 Å². The molecule has 8 heteroatoms. The Hall–Kier alpha value is -2.38. The molecule has 96 valence electrons. The third kappa shape index (κ3) is 2.17. The first-order chi connectivity index (χ1) is 8.49. The molecule has 2 heterocycles. The van der Waals surface area contributed by atoms with Crippen molar-refractivity contribution in [1.82, 2.24) is 19.8 Å². The minimum Gasteiger partial charge on any atom is -0.368 e. The largest absolute Gasteiger partial charge is 0.368 e. The molecule has 0 aliphatic carbocycles. The molecule has 1 unspecified atom stereocenters. The van der Waals surface area contributed by atoms with Crippen molar-refractivity contribution in [3.8, 4) is 0 Å². The summed E-state index contributed by atoms with van der Waals surface area (Å²) < 4.78 is 1.11. The topological polar surface area (TPSA) is 118 Å². The van der Waals surface area contributed by atoms with Crippen LogP contribution in [0.5, 0.6) is 0 Å². The quantitative estimate of drug-likeness (QED) is 0.665. The zero-order valence-electron chi connectivity index (χ0n) is 10.0. The normalized spacial score (nSPS) is 12.8. The van der Waals surface area contributed by atoms with Gasteiger partial charge >= 0.3 is 5.69 Å². The number of aromatic nitrogens is 4. The molecular weight excluding hydrogens is 236 g/mol. The van der Waals surface area contributed by atoms with Crippen LogP contribution >= 0.6 is 0 Å². The fourth-order valence-electron chi connectivity index (χ4n) is 1.61. The van der Waals surface area contributed by atoms with E-state index in [-0.39, 0.29) is 5.92 Å². The minimum absolute atomic E-state index is 0.0149. The lowest BCUT2D eigenvalue weighted by Gasteiger charge is -2.19. The van der Waals surface area contributed by atoms with Crippen molar-refractivity contribution in [3.63, 3.8) is 0 Å². The fraction of sp³-hybridized carbons (Fsp3) is 0.400. The van der Waals surface area contributed by atoms with Crippen molar-refractivity contribution in [3.05, 3.63) is 22.6 Å². The molecule has 0 bridgehead atoms. The van der Waals surface area contributed by atoms with Crippen molar-refractivity contribution in [2.24, 2.45) is 11.7 Å². The number of amides is 1. The molecule has 0 spiro atoms. The zero-order valence-corrected chi connectivity index (χ0v) is 10.0. The Kier molecular flexibility index (Phi) is 3.00. The Balaban J connectivity index is 2.33. The van der Waals surface area contributed by atoms with Gasteiger partial charge < -0.3 is 11.1 Å². The lowest BCUT2D eigenvalue weighted by Crippen LogP contribution is -2.40. The standard InChI is InChI=1S/C10H14N6O2/c1-5(2)8(9(11)17)12-6-3-4-7-13-14-10(18)16(7)15-6/h3-5,8H,1-2H3,(H2,11,17)(H,12,15)(H,14,18). The van der Waals surface area contributed by atoms with Gasteiger partial charge in [0.1, 0.15) is 11.9 Å². The molecule has 2 rings (SSSR count). The number of primary amides is 1. The zero-order chi connectivity index (χ0) is 13.3. The maximum Gasteiger partial charge on any atom is 0.364 e. The number of hydrogen-bond donors (Lipinski definition) is 3. The van der Waals surface area contributed by atoms with Crippen molar-refractivity contribution in [1.29, 1.82) is 0 Å². The van der Waals surface area contributed by atoms with E-state index in [0.717, 1.165) is 4.52 Å². The van der Waals surface area contributed by atoms with Crippen molar-refractivity contribution in [2.75, 3.05) is 5.32 Å². The van der Waals surface area contributed by atoms with Gasteiger partial charge in [0.25, 0.3) is 0 Å². The second-order valence-electron chi connectivity index (χ2n) is 4.29. The Bertz CT molecular complexity index is 629. The molecule has 0 aliphatic heterocycles. The number of carbonyl (C=O) groups excluding carboxylic acids is 1. The number of fused-ring (bicyclic) bond motifs is 1. The van der Waals surface area contributed by atoms with E-state index in [4.69, 9.17) is 5.73 Å². The van der Waals surface area contributed by atoms with E-state index >= 15 is 0 Å². The van der Waals surface area contributed by atoms with Gasteiger partial charge in [0.2, 0.25) is 5.91 Å². The van der Waals surface area contributed by atoms with Gasteiger partial charge in [-0.05, 0) is 18.1 Å². The Morgan fingerprint density at radius 3 is 2.83 bits per heavy atom. The summed E-state index contributed by atoms with van der Waals surface area (Å²) in [7, 11) is 0. The van der Waals surface area contributed by atoms with Crippen molar-refractivity contribution >= 4 is 17.4 Å². The molecule has 0 radical (unpaired) electrons. The highest BCUT2D eigenvalue weighted by molar-refractivity contribution is 5.82. The van der Waals surface area contributed by atoms with Gasteiger partial charge in [-0.3, -0.25) is 4.79 Å². The summed E-state index contributed by atoms with van der Waals surface area (Å²) in [6.07, 6.45) is 0. The predicted octanol–water partition coefficient (Wildman–Crippen LogP) is -0.661. The van der Waals surface area contributed by atoms with E-state index < -0.39 is 17.6 Å². The Labute approximate surface area is 102 Å². The number of nitrogens with zero attached hydrogens (tertiary/aromatic N) is 3. The van der Waals surface area contributed by atoms with Gasteiger partial charge in [0.05, 0.1) is 0 Å². The third-order valence-corrected chi connectivity index (χ3v) is 2.55. The van der Waals surface area contributed by atoms with E-state index in [1.807, 2.05) is 13.8 Å². The summed E-state index contributed by atoms with van der Waals surface area (Å²) in [5.41, 5.74) is 5.26. The molecule has 2 aromatic heterocycles. The smallest absolute Gasteiger partial charge is 0.364 e. The maximum atomic E-state index is 11.3. The molecule has 2 aromatic rings. The molecule has 0 aliphatic rings. The van der Waals surface area contributed by atoms with E-state index in [1.54, 1.807) is 12.1 Å². The second-order valence-corrected chi connectivity index (χ2v) is 4.29. The number of anilines is 1. The number of nitrogens with one attached hydrogen (secondary N) is 2. The lowest BCUT2D eigenvalue weighted by atomic mass is 10.0. The highest BCUT2D eigenvalue weighted by Crippen LogP contribution is 2.10. The fourth-order valence-corrected chi connectivity index (χ4v) is 1.61. The average molecular weight is 250 g/mol. The first-order valence-corrected chi connectivity index (χ1v) is 5.49. The molecule has 0 fully saturated rings. The van der Waals surface area contributed by atoms with Crippen LogP contribution in [0.4, 0.5) is 5.82 Å². The molecule has 4 N–H and O–H groups in total. The SMILES string of the molecule is CC(C)C(Nc1ccc2n[nH]c(=O)n2n1)C(N)=O. The van der Waals surface area contributed by atoms with Gasteiger partial charge in [-0.25, -0.2) is 9.89 Å². The van der Waals surface area contributed by atoms with Gasteiger partial charge in [-0.1, -0.05) is 13.8 Å². The molecule has 1 atom stereocenters. The number of nitrogens with two attached hydrogens (primary N) is 1. The summed E-state index contributed by atoms with van der Waals surface area (Å²) in [5.74, 6) is -0.0593. The minimum atomic E-state index is -0.544.